The van der Waals surface area contributed by atoms with Gasteiger partial charge in [0.05, 0.1) is 0 Å². The average molecular weight is 503 g/mol. The van der Waals surface area contributed by atoms with Crippen molar-refractivity contribution in [2.24, 2.45) is 0 Å². The second-order valence-corrected chi connectivity index (χ2v) is 13.3. The Balaban J connectivity index is 3.14. The second kappa shape index (κ2) is 27.6. The number of hydrogen-bond acceptors (Lipinski definition) is 4. The van der Waals surface area contributed by atoms with Gasteiger partial charge < -0.3 is 18.4 Å². The van der Waals surface area contributed by atoms with E-state index < -0.39 is 8.80 Å². The minimum Gasteiger partial charge on any atom is -0.396 e. The molecule has 0 unspecified atom stereocenters. The number of aliphatic hydroxyl groups excluding tert-OH is 1. The van der Waals surface area contributed by atoms with E-state index in [2.05, 4.69) is 0 Å². The van der Waals surface area contributed by atoms with Crippen molar-refractivity contribution in [3.05, 3.63) is 0 Å². The average Bonchev–Trinajstić information content (AvgIpc) is 2.86. The predicted molar refractivity (Wildman–Crippen MR) is 149 cm³/mol. The van der Waals surface area contributed by atoms with Crippen molar-refractivity contribution >= 4 is 8.80 Å². The largest absolute Gasteiger partial charge is 0.500 e. The fourth-order valence-corrected chi connectivity index (χ4v) is 6.69. The van der Waals surface area contributed by atoms with Crippen LogP contribution in [-0.4, -0.2) is 41.8 Å². The second-order valence-electron chi connectivity index (χ2n) is 10.3. The Morgan fingerprint density at radius 3 is 0.765 bits per heavy atom. The van der Waals surface area contributed by atoms with Crippen LogP contribution in [0.2, 0.25) is 6.04 Å². The molecular formula is C29H62O4Si. The fraction of sp³-hybridized carbons (Fsp3) is 1.00. The first-order valence-corrected chi connectivity index (χ1v) is 16.9. The maximum atomic E-state index is 8.77. The van der Waals surface area contributed by atoms with Crippen LogP contribution in [0.5, 0.6) is 0 Å². The smallest absolute Gasteiger partial charge is 0.396 e. The molecule has 0 atom stereocenters. The Morgan fingerprint density at radius 1 is 0.353 bits per heavy atom. The Morgan fingerprint density at radius 2 is 0.559 bits per heavy atom. The van der Waals surface area contributed by atoms with Gasteiger partial charge in [-0.2, -0.15) is 0 Å². The lowest BCUT2D eigenvalue weighted by atomic mass is 10.0. The SMILES string of the molecule is CO[Si](CCCCCCCCCCCCCCCCCCCCCCCCCCO)(OC)OC. The van der Waals surface area contributed by atoms with Gasteiger partial charge in [-0.25, -0.2) is 0 Å². The molecule has 0 saturated heterocycles. The molecule has 0 amide bonds. The van der Waals surface area contributed by atoms with E-state index in [1.165, 1.54) is 141 Å². The molecule has 4 nitrogen and oxygen atoms in total. The topological polar surface area (TPSA) is 47.9 Å². The van der Waals surface area contributed by atoms with E-state index in [1.54, 1.807) is 21.3 Å². The van der Waals surface area contributed by atoms with Crippen LogP contribution in [0, 0.1) is 0 Å². The summed E-state index contributed by atoms with van der Waals surface area (Å²) in [7, 11) is 2.77. The quantitative estimate of drug-likeness (QED) is 0.0817. The highest BCUT2D eigenvalue weighted by molar-refractivity contribution is 6.60. The standard InChI is InChI=1S/C29H62O4Si/c1-31-34(32-2,33-3)29-27-25-23-21-19-17-15-13-11-9-7-5-4-6-8-10-12-14-16-18-20-22-24-26-28-30/h30H,4-29H2,1-3H3. The first-order chi connectivity index (χ1) is 16.7. The molecule has 0 spiro atoms. The van der Waals surface area contributed by atoms with Gasteiger partial charge in [-0.15, -0.1) is 0 Å². The van der Waals surface area contributed by atoms with Crippen LogP contribution in [0.1, 0.15) is 154 Å². The lowest BCUT2D eigenvalue weighted by Gasteiger charge is -2.24. The van der Waals surface area contributed by atoms with E-state index in [4.69, 9.17) is 18.4 Å². The van der Waals surface area contributed by atoms with E-state index in [0.29, 0.717) is 6.61 Å². The molecule has 0 aliphatic carbocycles. The van der Waals surface area contributed by atoms with Crippen LogP contribution in [0.3, 0.4) is 0 Å². The number of unbranched alkanes of at least 4 members (excludes halogenated alkanes) is 23. The maximum absolute atomic E-state index is 8.77. The molecule has 5 heteroatoms. The van der Waals surface area contributed by atoms with Crippen molar-refractivity contribution < 1.29 is 18.4 Å². The van der Waals surface area contributed by atoms with Crippen LogP contribution in [0.25, 0.3) is 0 Å². The van der Waals surface area contributed by atoms with Crippen LogP contribution >= 0.6 is 0 Å². The molecule has 0 rings (SSSR count). The van der Waals surface area contributed by atoms with Crippen LogP contribution < -0.4 is 0 Å². The van der Waals surface area contributed by atoms with Gasteiger partial charge in [0.2, 0.25) is 0 Å². The summed E-state index contributed by atoms with van der Waals surface area (Å²) < 4.78 is 16.4. The molecule has 0 aromatic rings. The number of rotatable bonds is 29. The molecule has 1 N–H and O–H groups in total. The molecule has 0 fully saturated rings. The molecule has 0 radical (unpaired) electrons. The maximum Gasteiger partial charge on any atom is 0.500 e. The summed E-state index contributed by atoms with van der Waals surface area (Å²) in [6, 6.07) is 0.935. The summed E-state index contributed by atoms with van der Waals surface area (Å²) in [5.74, 6) is 0. The van der Waals surface area contributed by atoms with Crippen LogP contribution in [-0.2, 0) is 13.3 Å². The Kier molecular flexibility index (Phi) is 27.7. The molecule has 0 aliphatic heterocycles. The highest BCUT2D eigenvalue weighted by Gasteiger charge is 2.36. The minimum atomic E-state index is -2.34. The van der Waals surface area contributed by atoms with Gasteiger partial charge in [-0.3, -0.25) is 0 Å². The summed E-state index contributed by atoms with van der Waals surface area (Å²) in [4.78, 5) is 0. The van der Waals surface area contributed by atoms with E-state index >= 15 is 0 Å². The first-order valence-electron chi connectivity index (χ1n) is 15.0. The molecule has 0 aromatic heterocycles. The zero-order chi connectivity index (χ0) is 25.0. The van der Waals surface area contributed by atoms with Gasteiger partial charge in [-0.05, 0) is 12.8 Å². The van der Waals surface area contributed by atoms with Crippen LogP contribution in [0.4, 0.5) is 0 Å². The van der Waals surface area contributed by atoms with E-state index in [9.17, 15) is 0 Å². The molecule has 0 aromatic carbocycles. The van der Waals surface area contributed by atoms with E-state index in [-0.39, 0.29) is 0 Å². The number of aliphatic hydroxyl groups is 1. The fourth-order valence-electron chi connectivity index (χ4n) is 4.90. The number of hydrogen-bond donors (Lipinski definition) is 1. The summed E-state index contributed by atoms with van der Waals surface area (Å²) in [6.45, 7) is 0.367. The van der Waals surface area contributed by atoms with Gasteiger partial charge in [-0.1, -0.05) is 141 Å². The first kappa shape index (κ1) is 34.1. The Hall–Kier alpha value is 0.0569. The normalized spacial score (nSPS) is 12.0. The van der Waals surface area contributed by atoms with Crippen LogP contribution in [0.15, 0.2) is 0 Å². The Labute approximate surface area is 215 Å². The zero-order valence-corrected chi connectivity index (χ0v) is 24.6. The van der Waals surface area contributed by atoms with Crippen molar-refractivity contribution in [2.45, 2.75) is 160 Å². The van der Waals surface area contributed by atoms with Gasteiger partial charge in [0.25, 0.3) is 0 Å². The molecule has 34 heavy (non-hydrogen) atoms. The van der Waals surface area contributed by atoms with Gasteiger partial charge in [0, 0.05) is 34.0 Å². The third-order valence-electron chi connectivity index (χ3n) is 7.32. The predicted octanol–water partition coefficient (Wildman–Crippen LogP) is 9.22. The van der Waals surface area contributed by atoms with Crippen molar-refractivity contribution in [1.29, 1.82) is 0 Å². The lowest BCUT2D eigenvalue weighted by molar-refractivity contribution is 0.122. The molecular weight excluding hydrogens is 440 g/mol. The van der Waals surface area contributed by atoms with Gasteiger partial charge in [0.1, 0.15) is 0 Å². The van der Waals surface area contributed by atoms with E-state index in [0.717, 1.165) is 18.9 Å². The summed E-state index contributed by atoms with van der Waals surface area (Å²) >= 11 is 0. The van der Waals surface area contributed by atoms with Gasteiger partial charge >= 0.3 is 8.80 Å². The summed E-state index contributed by atoms with van der Waals surface area (Å²) in [5.41, 5.74) is 0. The molecule has 0 heterocycles. The third-order valence-corrected chi connectivity index (χ3v) is 10.2. The van der Waals surface area contributed by atoms with Crippen molar-refractivity contribution in [3.8, 4) is 0 Å². The summed E-state index contributed by atoms with van der Waals surface area (Å²) in [6.07, 6.45) is 32.9. The minimum absolute atomic E-state index is 0.367. The monoisotopic (exact) mass is 502 g/mol. The Bertz CT molecular complexity index is 369. The molecule has 206 valence electrons. The molecule has 0 aliphatic rings. The van der Waals surface area contributed by atoms with Crippen molar-refractivity contribution in [1.82, 2.24) is 0 Å². The molecule has 0 saturated carbocycles. The van der Waals surface area contributed by atoms with E-state index in [1.807, 2.05) is 0 Å². The van der Waals surface area contributed by atoms with Crippen molar-refractivity contribution in [2.75, 3.05) is 27.9 Å². The van der Waals surface area contributed by atoms with Crippen molar-refractivity contribution in [3.63, 3.8) is 0 Å². The highest BCUT2D eigenvalue weighted by atomic mass is 28.4. The molecule has 0 bridgehead atoms. The highest BCUT2D eigenvalue weighted by Crippen LogP contribution is 2.19. The third kappa shape index (κ3) is 22.5. The summed E-state index contributed by atoms with van der Waals surface area (Å²) in [5, 5.41) is 8.77. The lowest BCUT2D eigenvalue weighted by Crippen LogP contribution is -2.42. The zero-order valence-electron chi connectivity index (χ0n) is 23.6. The van der Waals surface area contributed by atoms with Gasteiger partial charge in [0.15, 0.2) is 0 Å².